The zero-order valence-corrected chi connectivity index (χ0v) is 19.9. The molecule has 0 unspecified atom stereocenters. The Labute approximate surface area is 199 Å². The van der Waals surface area contributed by atoms with Gasteiger partial charge in [0.25, 0.3) is 5.56 Å². The highest BCUT2D eigenvalue weighted by atomic mass is 32.1. The Bertz CT molecular complexity index is 1450. The number of hydrogen-bond donors (Lipinski definition) is 0. The van der Waals surface area contributed by atoms with Gasteiger partial charge in [0, 0.05) is 11.6 Å². The van der Waals surface area contributed by atoms with Crippen molar-refractivity contribution in [3.05, 3.63) is 90.4 Å². The number of allylic oxidation sites excluding steroid dienone is 1. The van der Waals surface area contributed by atoms with Crippen LogP contribution in [0.15, 0.2) is 63.5 Å². The van der Waals surface area contributed by atoms with Crippen molar-refractivity contribution in [1.82, 2.24) is 4.57 Å². The van der Waals surface area contributed by atoms with Gasteiger partial charge in [0.15, 0.2) is 4.80 Å². The molecule has 0 radical (unpaired) electrons. The Morgan fingerprint density at radius 3 is 2.56 bits per heavy atom. The molecule has 0 amide bonds. The number of benzene rings is 2. The molecule has 0 spiro atoms. The zero-order valence-electron chi connectivity index (χ0n) is 19.1. The number of rotatable bonds is 6. The lowest BCUT2D eigenvalue weighted by Gasteiger charge is -2.24. The van der Waals surface area contributed by atoms with Crippen LogP contribution in [0.4, 0.5) is 4.39 Å². The second-order valence-electron chi connectivity index (χ2n) is 7.46. The predicted molar refractivity (Wildman–Crippen MR) is 126 cm³/mol. The highest BCUT2D eigenvalue weighted by molar-refractivity contribution is 7.07. The molecule has 0 bridgehead atoms. The van der Waals surface area contributed by atoms with Crippen LogP contribution in [0.2, 0.25) is 0 Å². The van der Waals surface area contributed by atoms with Crippen molar-refractivity contribution in [2.24, 2.45) is 4.99 Å². The maximum Gasteiger partial charge on any atom is 0.338 e. The summed E-state index contributed by atoms with van der Waals surface area (Å²) in [5.41, 5.74) is 1.63. The van der Waals surface area contributed by atoms with Crippen molar-refractivity contribution in [2.75, 3.05) is 20.8 Å². The highest BCUT2D eigenvalue weighted by Crippen LogP contribution is 2.31. The molecule has 2 aromatic carbocycles. The van der Waals surface area contributed by atoms with Gasteiger partial charge in [-0.05, 0) is 49.8 Å². The minimum atomic E-state index is -0.796. The Kier molecular flexibility index (Phi) is 6.65. The monoisotopic (exact) mass is 482 g/mol. The van der Waals surface area contributed by atoms with Crippen LogP contribution in [0.25, 0.3) is 6.08 Å². The largest absolute Gasteiger partial charge is 0.497 e. The standard InChI is InChI=1S/C25H23FN2O5S/c1-5-33-24(30)21-14(2)27-25-28(22(21)15-6-9-17(26)10-7-15)23(29)20(34-25)12-16-8-11-18(31-3)13-19(16)32-4/h6-13,22H,5H2,1-4H3/b20-12-/t22-/m1/s1. The zero-order chi connectivity index (χ0) is 24.4. The molecule has 7 nitrogen and oxygen atoms in total. The molecular weight excluding hydrogens is 459 g/mol. The van der Waals surface area contributed by atoms with Gasteiger partial charge in [-0.1, -0.05) is 23.5 Å². The summed E-state index contributed by atoms with van der Waals surface area (Å²) in [4.78, 5) is 31.4. The maximum atomic E-state index is 13.6. The number of esters is 1. The van der Waals surface area contributed by atoms with Gasteiger partial charge in [0.2, 0.25) is 0 Å². The van der Waals surface area contributed by atoms with Crippen LogP contribution in [0.3, 0.4) is 0 Å². The molecule has 4 rings (SSSR count). The smallest absolute Gasteiger partial charge is 0.338 e. The summed E-state index contributed by atoms with van der Waals surface area (Å²) in [5, 5.41) is 0. The molecule has 2 heterocycles. The summed E-state index contributed by atoms with van der Waals surface area (Å²) < 4.78 is 31.5. The molecule has 3 aromatic rings. The molecule has 1 atom stereocenters. The number of methoxy groups -OCH3 is 2. The first-order valence-electron chi connectivity index (χ1n) is 10.5. The van der Waals surface area contributed by atoms with E-state index < -0.39 is 17.8 Å². The molecule has 1 aromatic heterocycles. The van der Waals surface area contributed by atoms with Crippen molar-refractivity contribution < 1.29 is 23.4 Å². The van der Waals surface area contributed by atoms with Crippen LogP contribution in [-0.2, 0) is 9.53 Å². The van der Waals surface area contributed by atoms with E-state index in [0.29, 0.717) is 37.7 Å². The highest BCUT2D eigenvalue weighted by Gasteiger charge is 2.33. The van der Waals surface area contributed by atoms with E-state index in [4.69, 9.17) is 14.2 Å². The van der Waals surface area contributed by atoms with Crippen molar-refractivity contribution in [3.63, 3.8) is 0 Å². The van der Waals surface area contributed by atoms with Gasteiger partial charge < -0.3 is 14.2 Å². The summed E-state index contributed by atoms with van der Waals surface area (Å²) in [7, 11) is 3.10. The number of hydrogen-bond acceptors (Lipinski definition) is 7. The van der Waals surface area contributed by atoms with E-state index in [1.807, 2.05) is 0 Å². The maximum absolute atomic E-state index is 13.6. The second-order valence-corrected chi connectivity index (χ2v) is 8.47. The Morgan fingerprint density at radius 1 is 1.18 bits per heavy atom. The first-order chi connectivity index (χ1) is 16.4. The van der Waals surface area contributed by atoms with Crippen LogP contribution < -0.4 is 24.4 Å². The van der Waals surface area contributed by atoms with Gasteiger partial charge in [-0.3, -0.25) is 9.36 Å². The van der Waals surface area contributed by atoms with Crippen LogP contribution in [-0.4, -0.2) is 31.4 Å². The second kappa shape index (κ2) is 9.64. The molecule has 0 N–H and O–H groups in total. The number of thiazole rings is 1. The normalized spacial score (nSPS) is 15.6. The van der Waals surface area contributed by atoms with E-state index in [-0.39, 0.29) is 17.7 Å². The molecule has 0 aliphatic carbocycles. The Hall–Kier alpha value is -3.72. The third-order valence-electron chi connectivity index (χ3n) is 5.43. The summed E-state index contributed by atoms with van der Waals surface area (Å²) in [6.07, 6.45) is 1.72. The quantitative estimate of drug-likeness (QED) is 0.505. The van der Waals surface area contributed by atoms with Gasteiger partial charge >= 0.3 is 5.97 Å². The third kappa shape index (κ3) is 4.26. The van der Waals surface area contributed by atoms with E-state index in [2.05, 4.69) is 4.99 Å². The number of halogens is 1. The van der Waals surface area contributed by atoms with E-state index in [0.717, 1.165) is 0 Å². The molecular formula is C25H23FN2O5S. The molecule has 0 saturated carbocycles. The van der Waals surface area contributed by atoms with E-state index in [1.165, 1.54) is 35.1 Å². The van der Waals surface area contributed by atoms with Crippen LogP contribution in [0, 0.1) is 5.82 Å². The van der Waals surface area contributed by atoms with E-state index in [9.17, 15) is 14.0 Å². The summed E-state index contributed by atoms with van der Waals surface area (Å²) >= 11 is 1.20. The molecule has 9 heteroatoms. The molecule has 0 fully saturated rings. The molecule has 0 saturated heterocycles. The number of carbonyl (C=O) groups excluding carboxylic acids is 1. The van der Waals surface area contributed by atoms with Crippen molar-refractivity contribution in [1.29, 1.82) is 0 Å². The average molecular weight is 483 g/mol. The van der Waals surface area contributed by atoms with Crippen LogP contribution >= 0.6 is 11.3 Å². The topological polar surface area (TPSA) is 79.1 Å². The van der Waals surface area contributed by atoms with Crippen molar-refractivity contribution in [2.45, 2.75) is 19.9 Å². The first-order valence-corrected chi connectivity index (χ1v) is 11.4. The summed E-state index contributed by atoms with van der Waals surface area (Å²) in [5.74, 6) is 0.190. The molecule has 1 aliphatic heterocycles. The number of carbonyl (C=O) groups is 1. The van der Waals surface area contributed by atoms with Crippen molar-refractivity contribution >= 4 is 23.4 Å². The van der Waals surface area contributed by atoms with Crippen LogP contribution in [0.5, 0.6) is 11.5 Å². The lowest BCUT2D eigenvalue weighted by molar-refractivity contribution is -0.139. The average Bonchev–Trinajstić information content (AvgIpc) is 3.13. The van der Waals surface area contributed by atoms with Crippen molar-refractivity contribution in [3.8, 4) is 11.5 Å². The van der Waals surface area contributed by atoms with Crippen LogP contribution in [0.1, 0.15) is 31.0 Å². The molecule has 176 valence electrons. The minimum Gasteiger partial charge on any atom is -0.497 e. The number of nitrogens with zero attached hydrogens (tertiary/aromatic N) is 2. The summed E-state index contributed by atoms with van der Waals surface area (Å²) in [6, 6.07) is 10.2. The van der Waals surface area contributed by atoms with E-state index in [1.54, 1.807) is 57.4 Å². The molecule has 34 heavy (non-hydrogen) atoms. The summed E-state index contributed by atoms with van der Waals surface area (Å²) in [6.45, 7) is 3.58. The van der Waals surface area contributed by atoms with Gasteiger partial charge in [0.1, 0.15) is 17.3 Å². The predicted octanol–water partition coefficient (Wildman–Crippen LogP) is 2.95. The fourth-order valence-corrected chi connectivity index (χ4v) is 4.87. The first kappa shape index (κ1) is 23.4. The number of aromatic nitrogens is 1. The fraction of sp³-hybridized carbons (Fsp3) is 0.240. The minimum absolute atomic E-state index is 0.174. The van der Waals surface area contributed by atoms with E-state index >= 15 is 0 Å². The fourth-order valence-electron chi connectivity index (χ4n) is 3.83. The SMILES string of the molecule is CCOC(=O)C1=C(C)N=c2s/c(=C\c3ccc(OC)cc3OC)c(=O)n2[C@@H]1c1ccc(F)cc1. The number of fused-ring (bicyclic) bond motifs is 1. The number of ether oxygens (including phenoxy) is 3. The van der Waals surface area contributed by atoms with Gasteiger partial charge in [-0.15, -0.1) is 0 Å². The Balaban J connectivity index is 1.94. The Morgan fingerprint density at radius 2 is 1.91 bits per heavy atom. The third-order valence-corrected chi connectivity index (χ3v) is 6.41. The van der Waals surface area contributed by atoms with Gasteiger partial charge in [0.05, 0.1) is 42.7 Å². The molecule has 1 aliphatic rings. The van der Waals surface area contributed by atoms with Gasteiger partial charge in [-0.2, -0.15) is 0 Å². The lowest BCUT2D eigenvalue weighted by atomic mass is 9.96. The van der Waals surface area contributed by atoms with Gasteiger partial charge in [-0.25, -0.2) is 14.2 Å². The lowest BCUT2D eigenvalue weighted by Crippen LogP contribution is -2.39.